The predicted octanol–water partition coefficient (Wildman–Crippen LogP) is 1.78. The molecule has 0 spiro atoms. The van der Waals surface area contributed by atoms with Gasteiger partial charge in [0, 0.05) is 5.02 Å². The van der Waals surface area contributed by atoms with Gasteiger partial charge in [0.2, 0.25) is 0 Å². The fourth-order valence-corrected chi connectivity index (χ4v) is 2.19. The van der Waals surface area contributed by atoms with E-state index in [2.05, 4.69) is 0 Å². The molecule has 0 fully saturated rings. The number of ether oxygens (including phenoxy) is 1. The Labute approximate surface area is 98.0 Å². The Morgan fingerprint density at radius 2 is 2.31 bits per heavy atom. The monoisotopic (exact) mass is 241 g/mol. The number of rotatable bonds is 1. The van der Waals surface area contributed by atoms with Gasteiger partial charge in [-0.25, -0.2) is 4.79 Å². The molecule has 1 aromatic rings. The summed E-state index contributed by atoms with van der Waals surface area (Å²) < 4.78 is 4.92. The second kappa shape index (κ2) is 4.31. The topological polar surface area (TPSA) is 72.6 Å². The van der Waals surface area contributed by atoms with Gasteiger partial charge in [0.25, 0.3) is 0 Å². The van der Waals surface area contributed by atoms with Crippen molar-refractivity contribution in [1.29, 1.82) is 0 Å². The van der Waals surface area contributed by atoms with Gasteiger partial charge in [-0.15, -0.1) is 0 Å². The van der Waals surface area contributed by atoms with Crippen LogP contribution in [0.2, 0.25) is 5.02 Å². The van der Waals surface area contributed by atoms with Crippen molar-refractivity contribution in [2.45, 2.75) is 25.0 Å². The number of carbonyl (C=O) groups excluding carboxylic acids is 1. The fraction of sp³-hybridized carbons (Fsp3) is 0.364. The highest BCUT2D eigenvalue weighted by Crippen LogP contribution is 2.34. The lowest BCUT2D eigenvalue weighted by atomic mass is 9.87. The van der Waals surface area contributed by atoms with E-state index in [1.165, 1.54) is 0 Å². The molecule has 0 radical (unpaired) electrons. The Morgan fingerprint density at radius 1 is 1.56 bits per heavy atom. The summed E-state index contributed by atoms with van der Waals surface area (Å²) in [6.45, 7) is 0. The van der Waals surface area contributed by atoms with Gasteiger partial charge in [0.1, 0.15) is 0 Å². The van der Waals surface area contributed by atoms with Crippen LogP contribution in [0.1, 0.15) is 23.7 Å². The van der Waals surface area contributed by atoms with E-state index in [0.717, 1.165) is 17.5 Å². The van der Waals surface area contributed by atoms with Crippen molar-refractivity contribution in [2.24, 2.45) is 5.73 Å². The quantitative estimate of drug-likeness (QED) is 0.787. The first-order valence-electron chi connectivity index (χ1n) is 5.00. The largest absolute Gasteiger partial charge is 0.439 e. The zero-order valence-corrected chi connectivity index (χ0v) is 9.28. The van der Waals surface area contributed by atoms with Gasteiger partial charge in [0.15, 0.2) is 6.10 Å². The molecule has 0 aromatic heterocycles. The number of aliphatic hydroxyl groups is 1. The normalized spacial score (nSPS) is 23.6. The lowest BCUT2D eigenvalue weighted by Crippen LogP contribution is -2.30. The molecular formula is C11H12ClNO3. The van der Waals surface area contributed by atoms with Crippen molar-refractivity contribution in [3.8, 4) is 0 Å². The van der Waals surface area contributed by atoms with E-state index in [0.29, 0.717) is 11.4 Å². The smallest absolute Gasteiger partial charge is 0.405 e. The number of aliphatic hydroxyl groups excluding tert-OH is 1. The molecule has 86 valence electrons. The molecule has 1 amide bonds. The summed E-state index contributed by atoms with van der Waals surface area (Å²) in [5, 5.41) is 10.4. The third kappa shape index (κ3) is 2.13. The molecule has 0 unspecified atom stereocenters. The van der Waals surface area contributed by atoms with Gasteiger partial charge < -0.3 is 15.6 Å². The summed E-state index contributed by atoms with van der Waals surface area (Å²) in [7, 11) is 0. The summed E-state index contributed by atoms with van der Waals surface area (Å²) in [6, 6.07) is 5.28. The molecular weight excluding hydrogens is 230 g/mol. The van der Waals surface area contributed by atoms with Crippen LogP contribution in [0.4, 0.5) is 4.79 Å². The van der Waals surface area contributed by atoms with Crippen molar-refractivity contribution in [1.82, 2.24) is 0 Å². The van der Waals surface area contributed by atoms with Crippen LogP contribution in [0.3, 0.4) is 0 Å². The second-order valence-electron chi connectivity index (χ2n) is 3.81. The number of benzene rings is 1. The zero-order valence-electron chi connectivity index (χ0n) is 8.52. The number of fused-ring (bicyclic) bond motifs is 1. The van der Waals surface area contributed by atoms with Gasteiger partial charge >= 0.3 is 6.09 Å². The van der Waals surface area contributed by atoms with Gasteiger partial charge in [0.05, 0.1) is 6.10 Å². The second-order valence-corrected chi connectivity index (χ2v) is 4.24. The molecule has 2 atom stereocenters. The number of hydrogen-bond donors (Lipinski definition) is 2. The molecule has 0 saturated heterocycles. The molecule has 1 aromatic carbocycles. The minimum absolute atomic E-state index is 0.533. The zero-order chi connectivity index (χ0) is 11.7. The van der Waals surface area contributed by atoms with E-state index in [9.17, 15) is 9.90 Å². The van der Waals surface area contributed by atoms with Gasteiger partial charge in [-0.05, 0) is 36.1 Å². The molecule has 1 aliphatic rings. The van der Waals surface area contributed by atoms with Crippen LogP contribution in [0.15, 0.2) is 18.2 Å². The van der Waals surface area contributed by atoms with E-state index < -0.39 is 18.3 Å². The molecule has 1 aliphatic carbocycles. The van der Waals surface area contributed by atoms with E-state index in [4.69, 9.17) is 22.1 Å². The first kappa shape index (κ1) is 11.2. The molecule has 4 nitrogen and oxygen atoms in total. The van der Waals surface area contributed by atoms with Crippen molar-refractivity contribution in [3.05, 3.63) is 34.3 Å². The van der Waals surface area contributed by atoms with Crippen molar-refractivity contribution in [2.75, 3.05) is 0 Å². The standard InChI is InChI=1S/C11H12ClNO3/c12-7-2-3-8-6(5-7)1-4-9(14)10(8)16-11(13)15/h2-3,5,9-10,14H,1,4H2,(H2,13,15)/t9-,10+/m0/s1. The maximum Gasteiger partial charge on any atom is 0.405 e. The first-order chi connectivity index (χ1) is 7.58. The van der Waals surface area contributed by atoms with Crippen LogP contribution in [0, 0.1) is 0 Å². The predicted molar refractivity (Wildman–Crippen MR) is 59.2 cm³/mol. The van der Waals surface area contributed by atoms with Crippen LogP contribution in [-0.2, 0) is 11.2 Å². The molecule has 0 bridgehead atoms. The molecule has 3 N–H and O–H groups in total. The van der Waals surface area contributed by atoms with Crippen molar-refractivity contribution >= 4 is 17.7 Å². The highest BCUT2D eigenvalue weighted by atomic mass is 35.5. The lowest BCUT2D eigenvalue weighted by Gasteiger charge is -2.29. The Bertz CT molecular complexity index is 422. The Balaban J connectivity index is 2.36. The highest BCUT2D eigenvalue weighted by molar-refractivity contribution is 6.30. The van der Waals surface area contributed by atoms with Crippen LogP contribution in [-0.4, -0.2) is 17.3 Å². The Morgan fingerprint density at radius 3 is 3.00 bits per heavy atom. The van der Waals surface area contributed by atoms with E-state index >= 15 is 0 Å². The number of halogens is 1. The average Bonchev–Trinajstić information content (AvgIpc) is 2.22. The summed E-state index contributed by atoms with van der Waals surface area (Å²) >= 11 is 5.87. The van der Waals surface area contributed by atoms with Gasteiger partial charge in [-0.3, -0.25) is 0 Å². The van der Waals surface area contributed by atoms with Crippen LogP contribution in [0.25, 0.3) is 0 Å². The number of aryl methyl sites for hydroxylation is 1. The minimum atomic E-state index is -0.883. The summed E-state index contributed by atoms with van der Waals surface area (Å²) in [4.78, 5) is 10.8. The lowest BCUT2D eigenvalue weighted by molar-refractivity contribution is -0.00511. The number of primary amides is 1. The van der Waals surface area contributed by atoms with E-state index in [1.54, 1.807) is 12.1 Å². The number of amides is 1. The first-order valence-corrected chi connectivity index (χ1v) is 5.38. The summed E-state index contributed by atoms with van der Waals surface area (Å²) in [5.41, 5.74) is 6.74. The highest BCUT2D eigenvalue weighted by Gasteiger charge is 2.30. The van der Waals surface area contributed by atoms with Gasteiger partial charge in [-0.1, -0.05) is 17.7 Å². The van der Waals surface area contributed by atoms with Crippen LogP contribution in [0.5, 0.6) is 0 Å². The molecule has 0 heterocycles. The fourth-order valence-electron chi connectivity index (χ4n) is 2.00. The maximum absolute atomic E-state index is 10.8. The summed E-state index contributed by atoms with van der Waals surface area (Å²) in [5.74, 6) is 0. The Kier molecular flexibility index (Phi) is 3.03. The van der Waals surface area contributed by atoms with E-state index in [1.807, 2.05) is 6.07 Å². The molecule has 0 aliphatic heterocycles. The minimum Gasteiger partial charge on any atom is -0.439 e. The maximum atomic E-state index is 10.8. The van der Waals surface area contributed by atoms with Crippen molar-refractivity contribution in [3.63, 3.8) is 0 Å². The SMILES string of the molecule is NC(=O)O[C@@H]1c2ccc(Cl)cc2CC[C@@H]1O. The molecule has 0 saturated carbocycles. The number of nitrogens with two attached hydrogens (primary N) is 1. The Hall–Kier alpha value is -1.26. The molecule has 2 rings (SSSR count). The molecule has 5 heteroatoms. The number of carbonyl (C=O) groups is 1. The number of hydrogen-bond acceptors (Lipinski definition) is 3. The van der Waals surface area contributed by atoms with Crippen LogP contribution >= 0.6 is 11.6 Å². The van der Waals surface area contributed by atoms with Gasteiger partial charge in [-0.2, -0.15) is 0 Å². The molecule has 16 heavy (non-hydrogen) atoms. The average molecular weight is 242 g/mol. The van der Waals surface area contributed by atoms with Crippen LogP contribution < -0.4 is 5.73 Å². The summed E-state index contributed by atoms with van der Waals surface area (Å²) in [6.07, 6.45) is -1.02. The third-order valence-corrected chi connectivity index (χ3v) is 2.95. The van der Waals surface area contributed by atoms with Crippen molar-refractivity contribution < 1.29 is 14.6 Å². The third-order valence-electron chi connectivity index (χ3n) is 2.71. The van der Waals surface area contributed by atoms with E-state index in [-0.39, 0.29) is 0 Å².